The van der Waals surface area contributed by atoms with Gasteiger partial charge in [0.1, 0.15) is 11.9 Å². The largest absolute Gasteiger partial charge is 0.457 e. The van der Waals surface area contributed by atoms with Gasteiger partial charge in [-0.3, -0.25) is 9.59 Å². The molecule has 31 heavy (non-hydrogen) atoms. The van der Waals surface area contributed by atoms with Crippen LogP contribution in [-0.2, 0) is 23.8 Å². The summed E-state index contributed by atoms with van der Waals surface area (Å²) >= 11 is 0. The monoisotopic (exact) mass is 436 g/mol. The van der Waals surface area contributed by atoms with Crippen molar-refractivity contribution in [3.05, 3.63) is 23.3 Å². The van der Waals surface area contributed by atoms with Crippen molar-refractivity contribution >= 4 is 11.8 Å². The van der Waals surface area contributed by atoms with Crippen molar-refractivity contribution in [2.24, 2.45) is 17.3 Å². The second-order valence-corrected chi connectivity index (χ2v) is 9.67. The van der Waals surface area contributed by atoms with E-state index in [0.717, 1.165) is 24.8 Å². The van der Waals surface area contributed by atoms with Crippen molar-refractivity contribution in [3.8, 4) is 0 Å². The van der Waals surface area contributed by atoms with Crippen LogP contribution in [-0.4, -0.2) is 44.3 Å². The van der Waals surface area contributed by atoms with Gasteiger partial charge in [0.25, 0.3) is 0 Å². The zero-order valence-corrected chi connectivity index (χ0v) is 21.1. The summed E-state index contributed by atoms with van der Waals surface area (Å²) in [7, 11) is 3.23. The number of carbonyl (C=O) groups is 2. The molecule has 5 atom stereocenters. The summed E-state index contributed by atoms with van der Waals surface area (Å²) in [4.78, 5) is 26.3. The summed E-state index contributed by atoms with van der Waals surface area (Å²) in [5, 5.41) is 0. The van der Waals surface area contributed by atoms with Crippen molar-refractivity contribution < 1.29 is 23.8 Å². The Kier molecular flexibility index (Phi) is 11.2. The average molecular weight is 437 g/mol. The molecule has 5 nitrogen and oxygen atoms in total. The molecule has 0 aliphatic carbocycles. The highest BCUT2D eigenvalue weighted by Crippen LogP contribution is 2.34. The number of Topliss-reactive ketones (excluding diaryl/α,β-unsaturated/α-hetero) is 1. The van der Waals surface area contributed by atoms with Gasteiger partial charge in [-0.2, -0.15) is 0 Å². The summed E-state index contributed by atoms with van der Waals surface area (Å²) in [6.07, 6.45) is 6.81. The molecule has 0 aromatic heterocycles. The maximum atomic E-state index is 13.5. The Bertz CT molecular complexity index is 661. The molecule has 0 amide bonds. The van der Waals surface area contributed by atoms with Crippen LogP contribution >= 0.6 is 0 Å². The Morgan fingerprint density at radius 2 is 1.84 bits per heavy atom. The van der Waals surface area contributed by atoms with Gasteiger partial charge in [0.05, 0.1) is 24.0 Å². The molecular formula is C26H44O5. The van der Waals surface area contributed by atoms with Gasteiger partial charge in [0, 0.05) is 26.6 Å². The van der Waals surface area contributed by atoms with E-state index in [9.17, 15) is 9.59 Å². The van der Waals surface area contributed by atoms with Gasteiger partial charge in [-0.05, 0) is 51.5 Å². The van der Waals surface area contributed by atoms with E-state index in [-0.39, 0.29) is 42.2 Å². The van der Waals surface area contributed by atoms with E-state index in [1.54, 1.807) is 14.2 Å². The summed E-state index contributed by atoms with van der Waals surface area (Å²) in [6.45, 7) is 13.9. The van der Waals surface area contributed by atoms with E-state index < -0.39 is 11.5 Å². The maximum absolute atomic E-state index is 13.5. The molecule has 5 heteroatoms. The number of allylic oxidation sites excluding steroid dienone is 2. The lowest BCUT2D eigenvalue weighted by atomic mass is 9.72. The molecule has 0 saturated carbocycles. The maximum Gasteiger partial charge on any atom is 0.309 e. The Hall–Kier alpha value is -1.46. The number of hydrogen-bond donors (Lipinski definition) is 0. The molecular weight excluding hydrogens is 392 g/mol. The molecule has 0 saturated heterocycles. The molecule has 0 radical (unpaired) electrons. The summed E-state index contributed by atoms with van der Waals surface area (Å²) in [6, 6.07) is 0. The first-order valence-corrected chi connectivity index (χ1v) is 11.6. The minimum absolute atomic E-state index is 0.0331. The number of rotatable bonds is 3. The number of carbonyl (C=O) groups excluding carboxylic acids is 2. The number of methoxy groups -OCH3 is 2. The molecule has 1 aliphatic rings. The average Bonchev–Trinajstić information content (AvgIpc) is 2.73. The molecule has 0 spiro atoms. The van der Waals surface area contributed by atoms with Crippen LogP contribution in [0.3, 0.4) is 0 Å². The first-order valence-electron chi connectivity index (χ1n) is 11.6. The molecule has 1 rings (SSSR count). The van der Waals surface area contributed by atoms with E-state index in [1.807, 2.05) is 40.7 Å². The molecule has 0 aromatic rings. The fourth-order valence-corrected chi connectivity index (χ4v) is 4.61. The lowest BCUT2D eigenvalue weighted by Crippen LogP contribution is -2.47. The molecule has 0 aromatic carbocycles. The molecule has 0 fully saturated rings. The predicted molar refractivity (Wildman–Crippen MR) is 125 cm³/mol. The van der Waals surface area contributed by atoms with Crippen LogP contribution in [0.25, 0.3) is 0 Å². The second-order valence-electron chi connectivity index (χ2n) is 9.67. The van der Waals surface area contributed by atoms with E-state index in [1.165, 1.54) is 5.57 Å². The molecule has 1 aliphatic heterocycles. The Morgan fingerprint density at radius 1 is 1.19 bits per heavy atom. The van der Waals surface area contributed by atoms with Crippen LogP contribution in [0.4, 0.5) is 0 Å². The predicted octanol–water partition coefficient (Wildman–Crippen LogP) is 5.67. The number of ether oxygens (including phenoxy) is 3. The number of cyclic esters (lactones) is 1. The van der Waals surface area contributed by atoms with Crippen LogP contribution in [0.15, 0.2) is 23.3 Å². The normalized spacial score (nSPS) is 32.4. The van der Waals surface area contributed by atoms with Gasteiger partial charge in [0.2, 0.25) is 0 Å². The standard InChI is InChI=1S/C26H44O5/c1-10-18(3)21-15-14-17(2)12-11-13-19(4)24(30-9)20(5)25(28)26(6,7)22(29-8)16-23(27)31-21/h10,14,19-22,24H,11-13,15-16H2,1-9H3/b17-14?,18-10+/t19?,20-,21?,22?,24?/m1/s1. The van der Waals surface area contributed by atoms with Crippen LogP contribution in [0.5, 0.6) is 0 Å². The lowest BCUT2D eigenvalue weighted by Gasteiger charge is -2.37. The molecule has 178 valence electrons. The van der Waals surface area contributed by atoms with E-state index >= 15 is 0 Å². The first kappa shape index (κ1) is 27.6. The second kappa shape index (κ2) is 12.5. The van der Waals surface area contributed by atoms with Crippen LogP contribution in [0.2, 0.25) is 0 Å². The van der Waals surface area contributed by atoms with Crippen molar-refractivity contribution in [1.29, 1.82) is 0 Å². The van der Waals surface area contributed by atoms with E-state index in [0.29, 0.717) is 6.42 Å². The molecule has 0 bridgehead atoms. The Labute approximate surface area is 189 Å². The third-order valence-corrected chi connectivity index (χ3v) is 6.96. The number of ketones is 1. The highest BCUT2D eigenvalue weighted by molar-refractivity contribution is 5.88. The van der Waals surface area contributed by atoms with Crippen LogP contribution in [0, 0.1) is 17.3 Å². The number of hydrogen-bond acceptors (Lipinski definition) is 5. The Balaban J connectivity index is 3.29. The lowest BCUT2D eigenvalue weighted by molar-refractivity contribution is -0.156. The molecule has 4 unspecified atom stereocenters. The quantitative estimate of drug-likeness (QED) is 0.421. The topological polar surface area (TPSA) is 61.8 Å². The van der Waals surface area contributed by atoms with Gasteiger partial charge < -0.3 is 14.2 Å². The van der Waals surface area contributed by atoms with Gasteiger partial charge in [-0.1, -0.05) is 45.4 Å². The van der Waals surface area contributed by atoms with Crippen molar-refractivity contribution in [2.45, 2.75) is 98.9 Å². The van der Waals surface area contributed by atoms with E-state index in [2.05, 4.69) is 19.9 Å². The summed E-state index contributed by atoms with van der Waals surface area (Å²) in [5.41, 5.74) is 1.47. The van der Waals surface area contributed by atoms with Crippen molar-refractivity contribution in [3.63, 3.8) is 0 Å². The minimum atomic E-state index is -0.845. The van der Waals surface area contributed by atoms with Crippen LogP contribution < -0.4 is 0 Å². The van der Waals surface area contributed by atoms with Crippen molar-refractivity contribution in [1.82, 2.24) is 0 Å². The summed E-state index contributed by atoms with van der Waals surface area (Å²) in [5.74, 6) is -0.341. The fraction of sp³-hybridized carbons (Fsp3) is 0.769. The highest BCUT2D eigenvalue weighted by atomic mass is 16.5. The molecule has 1 heterocycles. The van der Waals surface area contributed by atoms with Gasteiger partial charge in [-0.25, -0.2) is 0 Å². The van der Waals surface area contributed by atoms with Gasteiger partial charge in [0.15, 0.2) is 0 Å². The Morgan fingerprint density at radius 3 is 2.39 bits per heavy atom. The fourth-order valence-electron chi connectivity index (χ4n) is 4.61. The SMILES string of the molecule is C/C=C(\C)C1CC=C(C)CCCC(C)C(OC)[C@@H](C)C(=O)C(C)(C)C(OC)CC(=O)O1. The highest BCUT2D eigenvalue weighted by Gasteiger charge is 2.43. The molecule has 0 N–H and O–H groups in total. The third kappa shape index (κ3) is 7.57. The van der Waals surface area contributed by atoms with Gasteiger partial charge in [-0.15, -0.1) is 0 Å². The minimum Gasteiger partial charge on any atom is -0.457 e. The summed E-state index contributed by atoms with van der Waals surface area (Å²) < 4.78 is 17.3. The first-order chi connectivity index (χ1) is 14.5. The van der Waals surface area contributed by atoms with Crippen LogP contribution in [0.1, 0.15) is 80.6 Å². The third-order valence-electron chi connectivity index (χ3n) is 6.96. The van der Waals surface area contributed by atoms with Crippen molar-refractivity contribution in [2.75, 3.05) is 14.2 Å². The zero-order chi connectivity index (χ0) is 23.8. The smallest absolute Gasteiger partial charge is 0.309 e. The van der Waals surface area contributed by atoms with Gasteiger partial charge >= 0.3 is 5.97 Å². The number of esters is 1. The van der Waals surface area contributed by atoms with E-state index in [4.69, 9.17) is 14.2 Å². The zero-order valence-electron chi connectivity index (χ0n) is 21.1.